The highest BCUT2D eigenvalue weighted by Crippen LogP contribution is 2.30. The number of rotatable bonds is 4. The molecule has 0 radical (unpaired) electrons. The van der Waals surface area contributed by atoms with E-state index in [1.165, 1.54) is 0 Å². The SMILES string of the molecule is O=C(NCC1COc2ccccc2O1)NC1CCCN(c2ncccn2)C1. The van der Waals surface area contributed by atoms with Crippen LogP contribution >= 0.6 is 0 Å². The number of ether oxygens (including phenoxy) is 2. The van der Waals surface area contributed by atoms with Crippen LogP contribution in [0.4, 0.5) is 10.7 Å². The van der Waals surface area contributed by atoms with Crippen molar-refractivity contribution in [2.45, 2.75) is 25.0 Å². The zero-order valence-electron chi connectivity index (χ0n) is 15.0. The number of carbonyl (C=O) groups excluding carboxylic acids is 1. The van der Waals surface area contributed by atoms with Gasteiger partial charge in [-0.1, -0.05) is 12.1 Å². The second-order valence-electron chi connectivity index (χ2n) is 6.69. The van der Waals surface area contributed by atoms with Gasteiger partial charge < -0.3 is 25.0 Å². The number of nitrogens with one attached hydrogen (secondary N) is 2. The second kappa shape index (κ2) is 8.11. The molecule has 0 spiro atoms. The molecule has 2 aliphatic heterocycles. The molecule has 2 atom stereocenters. The predicted molar refractivity (Wildman–Crippen MR) is 100 cm³/mol. The number of anilines is 1. The molecule has 2 unspecified atom stereocenters. The summed E-state index contributed by atoms with van der Waals surface area (Å²) >= 11 is 0. The van der Waals surface area contributed by atoms with Crippen molar-refractivity contribution >= 4 is 12.0 Å². The molecule has 4 rings (SSSR count). The number of piperidine rings is 1. The van der Waals surface area contributed by atoms with E-state index in [-0.39, 0.29) is 18.2 Å². The van der Waals surface area contributed by atoms with Crippen LogP contribution in [0.25, 0.3) is 0 Å². The molecule has 3 heterocycles. The van der Waals surface area contributed by atoms with Crippen LogP contribution in [-0.4, -0.2) is 54.4 Å². The number of aromatic nitrogens is 2. The summed E-state index contributed by atoms with van der Waals surface area (Å²) < 4.78 is 11.5. The summed E-state index contributed by atoms with van der Waals surface area (Å²) in [5.74, 6) is 2.15. The quantitative estimate of drug-likeness (QED) is 0.851. The average Bonchev–Trinajstić information content (AvgIpc) is 2.73. The van der Waals surface area contributed by atoms with Crippen molar-refractivity contribution in [2.24, 2.45) is 0 Å². The van der Waals surface area contributed by atoms with Crippen molar-refractivity contribution in [1.82, 2.24) is 20.6 Å². The number of hydrogen-bond acceptors (Lipinski definition) is 6. The number of para-hydroxylation sites is 2. The van der Waals surface area contributed by atoms with E-state index in [9.17, 15) is 4.79 Å². The molecule has 2 N–H and O–H groups in total. The first-order valence-electron chi connectivity index (χ1n) is 9.23. The van der Waals surface area contributed by atoms with Gasteiger partial charge in [0, 0.05) is 31.5 Å². The maximum atomic E-state index is 12.3. The van der Waals surface area contributed by atoms with Gasteiger partial charge >= 0.3 is 6.03 Å². The zero-order chi connectivity index (χ0) is 18.5. The van der Waals surface area contributed by atoms with Gasteiger partial charge in [-0.15, -0.1) is 0 Å². The maximum Gasteiger partial charge on any atom is 0.315 e. The second-order valence-corrected chi connectivity index (χ2v) is 6.69. The van der Waals surface area contributed by atoms with Gasteiger partial charge in [-0.05, 0) is 31.0 Å². The lowest BCUT2D eigenvalue weighted by atomic mass is 10.1. The molecule has 2 amide bonds. The van der Waals surface area contributed by atoms with E-state index in [0.29, 0.717) is 31.4 Å². The molecule has 0 saturated carbocycles. The van der Waals surface area contributed by atoms with Crippen LogP contribution in [0.15, 0.2) is 42.7 Å². The smallest absolute Gasteiger partial charge is 0.315 e. The highest BCUT2D eigenvalue weighted by Gasteiger charge is 2.24. The third-order valence-electron chi connectivity index (χ3n) is 4.65. The summed E-state index contributed by atoms with van der Waals surface area (Å²) in [6, 6.07) is 9.20. The van der Waals surface area contributed by atoms with Gasteiger partial charge in [-0.2, -0.15) is 0 Å². The first kappa shape index (κ1) is 17.4. The van der Waals surface area contributed by atoms with Crippen LogP contribution in [0.1, 0.15) is 12.8 Å². The molecular weight excluding hydrogens is 346 g/mol. The molecule has 1 aromatic heterocycles. The summed E-state index contributed by atoms with van der Waals surface area (Å²) in [6.45, 7) is 2.41. The van der Waals surface area contributed by atoms with E-state index in [4.69, 9.17) is 9.47 Å². The van der Waals surface area contributed by atoms with Crippen LogP contribution in [0.3, 0.4) is 0 Å². The molecule has 27 heavy (non-hydrogen) atoms. The molecule has 2 aromatic rings. The Morgan fingerprint density at radius 3 is 2.85 bits per heavy atom. The molecule has 142 valence electrons. The molecule has 0 aliphatic carbocycles. The van der Waals surface area contributed by atoms with Gasteiger partial charge in [-0.3, -0.25) is 0 Å². The van der Waals surface area contributed by atoms with Crippen LogP contribution in [0, 0.1) is 0 Å². The Morgan fingerprint density at radius 1 is 1.19 bits per heavy atom. The Bertz CT molecular complexity index is 773. The third kappa shape index (κ3) is 4.39. The van der Waals surface area contributed by atoms with Gasteiger partial charge in [0.2, 0.25) is 5.95 Å². The van der Waals surface area contributed by atoms with Crippen molar-refractivity contribution in [1.29, 1.82) is 0 Å². The topological polar surface area (TPSA) is 88.6 Å². The van der Waals surface area contributed by atoms with E-state index < -0.39 is 0 Å². The first-order chi connectivity index (χ1) is 13.3. The molecule has 1 fully saturated rings. The number of nitrogens with zero attached hydrogens (tertiary/aromatic N) is 3. The Balaban J connectivity index is 1.24. The van der Waals surface area contributed by atoms with E-state index in [1.54, 1.807) is 18.5 Å². The minimum absolute atomic E-state index is 0.0619. The highest BCUT2D eigenvalue weighted by atomic mass is 16.6. The number of urea groups is 1. The zero-order valence-corrected chi connectivity index (χ0v) is 15.0. The standard InChI is InChI=1S/C19H23N5O3/c25-19(22-11-15-13-26-16-6-1-2-7-17(16)27-15)23-14-5-3-10-24(12-14)18-20-8-4-9-21-18/h1-2,4,6-9,14-15H,3,5,10-13H2,(H2,22,23,25). The maximum absolute atomic E-state index is 12.3. The van der Waals surface area contributed by atoms with Crippen LogP contribution in [0.2, 0.25) is 0 Å². The molecule has 2 aliphatic rings. The van der Waals surface area contributed by atoms with Gasteiger partial charge in [0.25, 0.3) is 0 Å². The van der Waals surface area contributed by atoms with Crippen molar-refractivity contribution in [3.05, 3.63) is 42.7 Å². The van der Waals surface area contributed by atoms with E-state index >= 15 is 0 Å². The van der Waals surface area contributed by atoms with E-state index in [0.717, 1.165) is 25.1 Å². The summed E-state index contributed by atoms with van der Waals surface area (Å²) in [5.41, 5.74) is 0. The summed E-state index contributed by atoms with van der Waals surface area (Å²) in [4.78, 5) is 23.0. The van der Waals surface area contributed by atoms with E-state index in [2.05, 4.69) is 25.5 Å². The monoisotopic (exact) mass is 369 g/mol. The van der Waals surface area contributed by atoms with E-state index in [1.807, 2.05) is 24.3 Å². The van der Waals surface area contributed by atoms with Crippen molar-refractivity contribution in [3.8, 4) is 11.5 Å². The average molecular weight is 369 g/mol. The molecule has 1 aromatic carbocycles. The summed E-state index contributed by atoms with van der Waals surface area (Å²) in [6.07, 6.45) is 5.19. The number of fused-ring (bicyclic) bond motifs is 1. The fourth-order valence-corrected chi connectivity index (χ4v) is 3.34. The largest absolute Gasteiger partial charge is 0.486 e. The minimum atomic E-state index is -0.203. The fraction of sp³-hybridized carbons (Fsp3) is 0.421. The number of hydrogen-bond donors (Lipinski definition) is 2. The number of amides is 2. The van der Waals surface area contributed by atoms with Gasteiger partial charge in [-0.25, -0.2) is 14.8 Å². The Hall–Kier alpha value is -3.03. The minimum Gasteiger partial charge on any atom is -0.486 e. The lowest BCUT2D eigenvalue weighted by Crippen LogP contribution is -2.52. The van der Waals surface area contributed by atoms with Gasteiger partial charge in [0.1, 0.15) is 6.61 Å². The van der Waals surface area contributed by atoms with Crippen molar-refractivity contribution in [2.75, 3.05) is 31.1 Å². The van der Waals surface area contributed by atoms with Crippen molar-refractivity contribution in [3.63, 3.8) is 0 Å². The van der Waals surface area contributed by atoms with Crippen LogP contribution in [-0.2, 0) is 0 Å². The highest BCUT2D eigenvalue weighted by molar-refractivity contribution is 5.74. The Morgan fingerprint density at radius 2 is 2.00 bits per heavy atom. The first-order valence-corrected chi connectivity index (χ1v) is 9.23. The predicted octanol–water partition coefficient (Wildman–Crippen LogP) is 1.58. The lowest BCUT2D eigenvalue weighted by Gasteiger charge is -2.33. The molecule has 8 nitrogen and oxygen atoms in total. The fourth-order valence-electron chi connectivity index (χ4n) is 3.34. The van der Waals surface area contributed by atoms with Gasteiger partial charge in [0.15, 0.2) is 17.6 Å². The normalized spacial score (nSPS) is 21.4. The molecule has 1 saturated heterocycles. The lowest BCUT2D eigenvalue weighted by molar-refractivity contribution is 0.0917. The summed E-state index contributed by atoms with van der Waals surface area (Å²) in [7, 11) is 0. The number of carbonyl (C=O) groups is 1. The van der Waals surface area contributed by atoms with Crippen molar-refractivity contribution < 1.29 is 14.3 Å². The van der Waals surface area contributed by atoms with Crippen LogP contribution < -0.4 is 25.0 Å². The summed E-state index contributed by atoms with van der Waals surface area (Å²) in [5, 5.41) is 5.91. The third-order valence-corrected chi connectivity index (χ3v) is 4.65. The molecule has 8 heteroatoms. The molecule has 0 bridgehead atoms. The van der Waals surface area contributed by atoms with Gasteiger partial charge in [0.05, 0.1) is 6.54 Å². The van der Waals surface area contributed by atoms with Crippen LogP contribution in [0.5, 0.6) is 11.5 Å². The Labute approximate surface area is 157 Å². The Kier molecular flexibility index (Phi) is 5.22. The number of benzene rings is 1. The molecular formula is C19H23N5O3.